The standard InChI is InChI=1S/C12H11BrN2O2S/c13-11-8-14-7-6-12(11)15-18(16,17)9-10-4-2-1-3-5-10/h1-8H,9H2,(H,14,15). The highest BCUT2D eigenvalue weighted by atomic mass is 79.9. The molecule has 0 radical (unpaired) electrons. The summed E-state index contributed by atoms with van der Waals surface area (Å²) in [5, 5.41) is 0. The van der Waals surface area contributed by atoms with E-state index in [4.69, 9.17) is 0 Å². The lowest BCUT2D eigenvalue weighted by atomic mass is 10.2. The third-order valence-corrected chi connectivity index (χ3v) is 4.11. The fourth-order valence-corrected chi connectivity index (χ4v) is 3.15. The smallest absolute Gasteiger partial charge is 0.236 e. The molecule has 4 nitrogen and oxygen atoms in total. The van der Waals surface area contributed by atoms with Crippen molar-refractivity contribution in [3.8, 4) is 0 Å². The van der Waals surface area contributed by atoms with Crippen LogP contribution in [0.4, 0.5) is 5.69 Å². The number of aromatic nitrogens is 1. The Hall–Kier alpha value is -1.40. The van der Waals surface area contributed by atoms with Crippen molar-refractivity contribution < 1.29 is 8.42 Å². The van der Waals surface area contributed by atoms with Gasteiger partial charge in [0.2, 0.25) is 10.0 Å². The van der Waals surface area contributed by atoms with E-state index in [0.717, 1.165) is 5.56 Å². The van der Waals surface area contributed by atoms with Gasteiger partial charge in [0, 0.05) is 12.4 Å². The predicted molar refractivity (Wildman–Crippen MR) is 74.6 cm³/mol. The molecule has 0 aliphatic heterocycles. The van der Waals surface area contributed by atoms with E-state index in [1.54, 1.807) is 24.4 Å². The normalized spacial score (nSPS) is 11.2. The van der Waals surface area contributed by atoms with Crippen LogP contribution in [0.3, 0.4) is 0 Å². The summed E-state index contributed by atoms with van der Waals surface area (Å²) in [6.07, 6.45) is 3.07. The summed E-state index contributed by atoms with van der Waals surface area (Å²) in [5.41, 5.74) is 1.23. The SMILES string of the molecule is O=S(=O)(Cc1ccccc1)Nc1ccncc1Br. The zero-order valence-electron chi connectivity index (χ0n) is 9.38. The molecule has 1 heterocycles. The molecular weight excluding hydrogens is 316 g/mol. The van der Waals surface area contributed by atoms with Crippen LogP contribution in [0.1, 0.15) is 5.56 Å². The first-order valence-corrected chi connectivity index (χ1v) is 7.65. The van der Waals surface area contributed by atoms with Gasteiger partial charge < -0.3 is 0 Å². The van der Waals surface area contributed by atoms with Crippen LogP contribution < -0.4 is 4.72 Å². The molecule has 0 unspecified atom stereocenters. The van der Waals surface area contributed by atoms with Crippen LogP contribution in [-0.2, 0) is 15.8 Å². The minimum atomic E-state index is -3.42. The molecule has 0 atom stereocenters. The highest BCUT2D eigenvalue weighted by Crippen LogP contribution is 2.22. The molecule has 2 aromatic rings. The second kappa shape index (κ2) is 5.49. The second-order valence-electron chi connectivity index (χ2n) is 3.70. The number of hydrogen-bond donors (Lipinski definition) is 1. The van der Waals surface area contributed by atoms with Crippen molar-refractivity contribution in [3.63, 3.8) is 0 Å². The lowest BCUT2D eigenvalue weighted by Gasteiger charge is -2.09. The Morgan fingerprint density at radius 2 is 1.89 bits per heavy atom. The maximum Gasteiger partial charge on any atom is 0.236 e. The molecule has 0 fully saturated rings. The largest absolute Gasteiger partial charge is 0.282 e. The number of sulfonamides is 1. The van der Waals surface area contributed by atoms with Gasteiger partial charge in [0.15, 0.2) is 0 Å². The number of benzene rings is 1. The number of rotatable bonds is 4. The van der Waals surface area contributed by atoms with Crippen LogP contribution in [0.15, 0.2) is 53.3 Å². The third kappa shape index (κ3) is 3.54. The molecular formula is C12H11BrN2O2S. The lowest BCUT2D eigenvalue weighted by molar-refractivity contribution is 0.600. The fraction of sp³-hybridized carbons (Fsp3) is 0.0833. The highest BCUT2D eigenvalue weighted by Gasteiger charge is 2.12. The molecule has 0 aliphatic rings. The minimum Gasteiger partial charge on any atom is -0.282 e. The van der Waals surface area contributed by atoms with Crippen molar-refractivity contribution in [1.29, 1.82) is 0 Å². The van der Waals surface area contributed by atoms with Crippen molar-refractivity contribution >= 4 is 31.6 Å². The molecule has 6 heteroatoms. The summed E-state index contributed by atoms with van der Waals surface area (Å²) < 4.78 is 27.1. The third-order valence-electron chi connectivity index (χ3n) is 2.24. The molecule has 0 spiro atoms. The Labute approximate surface area is 114 Å². The van der Waals surface area contributed by atoms with Crippen molar-refractivity contribution in [2.24, 2.45) is 0 Å². The van der Waals surface area contributed by atoms with Gasteiger partial charge in [-0.25, -0.2) is 8.42 Å². The van der Waals surface area contributed by atoms with E-state index in [2.05, 4.69) is 25.6 Å². The molecule has 0 bridgehead atoms. The van der Waals surface area contributed by atoms with Gasteiger partial charge in [-0.1, -0.05) is 30.3 Å². The average Bonchev–Trinajstić information content (AvgIpc) is 2.32. The van der Waals surface area contributed by atoms with E-state index >= 15 is 0 Å². The first-order valence-electron chi connectivity index (χ1n) is 5.21. The van der Waals surface area contributed by atoms with Crippen molar-refractivity contribution in [2.75, 3.05) is 4.72 Å². The van der Waals surface area contributed by atoms with Crippen LogP contribution in [0.5, 0.6) is 0 Å². The van der Waals surface area contributed by atoms with E-state index in [-0.39, 0.29) is 5.75 Å². The van der Waals surface area contributed by atoms with E-state index < -0.39 is 10.0 Å². The second-order valence-corrected chi connectivity index (χ2v) is 6.28. The fourth-order valence-electron chi connectivity index (χ4n) is 1.46. The lowest BCUT2D eigenvalue weighted by Crippen LogP contribution is -2.15. The Morgan fingerprint density at radius 1 is 1.17 bits per heavy atom. The van der Waals surface area contributed by atoms with Gasteiger partial charge in [-0.05, 0) is 27.6 Å². The van der Waals surface area contributed by atoms with Gasteiger partial charge in [-0.3, -0.25) is 9.71 Å². The van der Waals surface area contributed by atoms with Gasteiger partial charge >= 0.3 is 0 Å². The number of nitrogens with one attached hydrogen (secondary N) is 1. The number of pyridine rings is 1. The molecule has 1 aromatic carbocycles. The topological polar surface area (TPSA) is 59.1 Å². The maximum atomic E-state index is 12.0. The van der Waals surface area contributed by atoms with E-state index in [1.165, 1.54) is 6.20 Å². The van der Waals surface area contributed by atoms with Crippen molar-refractivity contribution in [1.82, 2.24) is 4.98 Å². The quantitative estimate of drug-likeness (QED) is 0.939. The zero-order valence-corrected chi connectivity index (χ0v) is 11.8. The summed E-state index contributed by atoms with van der Waals surface area (Å²) >= 11 is 3.24. The van der Waals surface area contributed by atoms with Gasteiger partial charge in [0.1, 0.15) is 0 Å². The number of nitrogens with zero attached hydrogens (tertiary/aromatic N) is 1. The van der Waals surface area contributed by atoms with Crippen molar-refractivity contribution in [2.45, 2.75) is 5.75 Å². The summed E-state index contributed by atoms with van der Waals surface area (Å²) in [6.45, 7) is 0. The van der Waals surface area contributed by atoms with Crippen LogP contribution in [0.2, 0.25) is 0 Å². The summed E-state index contributed by atoms with van der Waals surface area (Å²) in [7, 11) is -3.42. The van der Waals surface area contributed by atoms with Crippen LogP contribution in [-0.4, -0.2) is 13.4 Å². The Bertz CT molecular complexity index is 630. The van der Waals surface area contributed by atoms with Crippen LogP contribution >= 0.6 is 15.9 Å². The molecule has 1 aromatic heterocycles. The molecule has 0 amide bonds. The summed E-state index contributed by atoms with van der Waals surface area (Å²) in [5.74, 6) is -0.0530. The average molecular weight is 327 g/mol. The molecule has 0 aliphatic carbocycles. The molecule has 0 saturated carbocycles. The Kier molecular flexibility index (Phi) is 3.98. The van der Waals surface area contributed by atoms with Gasteiger partial charge in [-0.2, -0.15) is 0 Å². The molecule has 0 saturated heterocycles. The van der Waals surface area contributed by atoms with Gasteiger partial charge in [0.05, 0.1) is 15.9 Å². The maximum absolute atomic E-state index is 12.0. The van der Waals surface area contributed by atoms with Gasteiger partial charge in [0.25, 0.3) is 0 Å². The molecule has 2 rings (SSSR count). The van der Waals surface area contributed by atoms with Gasteiger partial charge in [-0.15, -0.1) is 0 Å². The summed E-state index contributed by atoms with van der Waals surface area (Å²) in [6, 6.07) is 10.6. The monoisotopic (exact) mass is 326 g/mol. The predicted octanol–water partition coefficient (Wildman–Crippen LogP) is 2.79. The minimum absolute atomic E-state index is 0.0530. The first-order chi connectivity index (χ1) is 8.57. The zero-order chi connectivity index (χ0) is 13.0. The number of anilines is 1. The van der Waals surface area contributed by atoms with E-state index in [0.29, 0.717) is 10.2 Å². The highest BCUT2D eigenvalue weighted by molar-refractivity contribution is 9.10. The van der Waals surface area contributed by atoms with E-state index in [9.17, 15) is 8.42 Å². The van der Waals surface area contributed by atoms with Crippen LogP contribution in [0, 0.1) is 0 Å². The Balaban J connectivity index is 2.16. The molecule has 1 N–H and O–H groups in total. The van der Waals surface area contributed by atoms with Crippen molar-refractivity contribution in [3.05, 3.63) is 58.8 Å². The summed E-state index contributed by atoms with van der Waals surface area (Å²) in [4.78, 5) is 3.88. The van der Waals surface area contributed by atoms with Crippen LogP contribution in [0.25, 0.3) is 0 Å². The number of hydrogen-bond acceptors (Lipinski definition) is 3. The van der Waals surface area contributed by atoms with E-state index in [1.807, 2.05) is 18.2 Å². The first kappa shape index (κ1) is 13.0. The molecule has 94 valence electrons. The molecule has 18 heavy (non-hydrogen) atoms. The Morgan fingerprint density at radius 3 is 2.56 bits per heavy atom. The number of halogens is 1.